The minimum atomic E-state index is -0.220. The first-order chi connectivity index (χ1) is 11.7. The third-order valence-corrected chi connectivity index (χ3v) is 4.88. The van der Waals surface area contributed by atoms with Gasteiger partial charge in [0.05, 0.1) is 0 Å². The van der Waals surface area contributed by atoms with Gasteiger partial charge in [0.25, 0.3) is 5.91 Å². The molecule has 1 heterocycles. The molecule has 0 saturated carbocycles. The van der Waals surface area contributed by atoms with Crippen molar-refractivity contribution < 1.29 is 4.79 Å². The van der Waals surface area contributed by atoms with Crippen LogP contribution in [-0.4, -0.2) is 16.1 Å². The molecule has 24 heavy (non-hydrogen) atoms. The molecule has 0 spiro atoms. The van der Waals surface area contributed by atoms with Gasteiger partial charge in [0.2, 0.25) is 5.13 Å². The van der Waals surface area contributed by atoms with Crippen molar-refractivity contribution in [1.29, 1.82) is 0 Å². The summed E-state index contributed by atoms with van der Waals surface area (Å²) in [6.07, 6.45) is 0.920. The van der Waals surface area contributed by atoms with Crippen LogP contribution in [0.4, 0.5) is 5.13 Å². The average molecular weight is 358 g/mol. The van der Waals surface area contributed by atoms with Crippen molar-refractivity contribution in [2.45, 2.75) is 19.3 Å². The summed E-state index contributed by atoms with van der Waals surface area (Å²) < 4.78 is 0. The van der Waals surface area contributed by atoms with E-state index in [1.54, 1.807) is 24.3 Å². The number of carbonyl (C=O) groups excluding carboxylic acids is 1. The number of halogens is 1. The molecule has 1 amide bonds. The Balaban J connectivity index is 1.75. The van der Waals surface area contributed by atoms with Crippen LogP contribution in [0, 0.1) is 0 Å². The molecule has 1 unspecified atom stereocenters. The summed E-state index contributed by atoms with van der Waals surface area (Å²) in [6, 6.07) is 16.9. The third-order valence-electron chi connectivity index (χ3n) is 3.68. The Kier molecular flexibility index (Phi) is 5.23. The fourth-order valence-corrected chi connectivity index (χ4v) is 3.51. The highest BCUT2D eigenvalue weighted by Gasteiger charge is 2.18. The maximum Gasteiger partial charge on any atom is 0.257 e. The number of aromatic nitrogens is 2. The van der Waals surface area contributed by atoms with Gasteiger partial charge in [-0.3, -0.25) is 10.1 Å². The zero-order chi connectivity index (χ0) is 16.9. The summed E-state index contributed by atoms with van der Waals surface area (Å²) in [5, 5.41) is 13.1. The second kappa shape index (κ2) is 7.55. The fourth-order valence-electron chi connectivity index (χ4n) is 2.43. The predicted molar refractivity (Wildman–Crippen MR) is 97.9 cm³/mol. The summed E-state index contributed by atoms with van der Waals surface area (Å²) in [7, 11) is 0. The van der Waals surface area contributed by atoms with Gasteiger partial charge in [-0.05, 0) is 36.2 Å². The Morgan fingerprint density at radius 1 is 1.12 bits per heavy atom. The summed E-state index contributed by atoms with van der Waals surface area (Å²) in [5.74, 6) is -0.0352. The second-order valence-electron chi connectivity index (χ2n) is 5.28. The zero-order valence-corrected chi connectivity index (χ0v) is 14.6. The number of benzene rings is 2. The van der Waals surface area contributed by atoms with E-state index in [1.165, 1.54) is 16.9 Å². The summed E-state index contributed by atoms with van der Waals surface area (Å²) in [5.41, 5.74) is 1.73. The van der Waals surface area contributed by atoms with E-state index in [0.717, 1.165) is 11.4 Å². The first kappa shape index (κ1) is 16.6. The SMILES string of the molecule is CCC(c1ccccc1)c1nnc(NC(=O)c2ccc(Cl)cc2)s1. The van der Waals surface area contributed by atoms with Crippen LogP contribution in [0.2, 0.25) is 5.02 Å². The highest BCUT2D eigenvalue weighted by atomic mass is 35.5. The molecule has 0 aliphatic heterocycles. The molecule has 0 radical (unpaired) electrons. The lowest BCUT2D eigenvalue weighted by molar-refractivity contribution is 0.102. The summed E-state index contributed by atoms with van der Waals surface area (Å²) in [6.45, 7) is 2.12. The Hall–Kier alpha value is -2.24. The number of nitrogens with one attached hydrogen (secondary N) is 1. The van der Waals surface area contributed by atoms with Crippen molar-refractivity contribution in [3.8, 4) is 0 Å². The van der Waals surface area contributed by atoms with Crippen molar-refractivity contribution in [3.05, 3.63) is 75.8 Å². The zero-order valence-electron chi connectivity index (χ0n) is 13.1. The fraction of sp³-hybridized carbons (Fsp3) is 0.167. The number of rotatable bonds is 5. The van der Waals surface area contributed by atoms with Crippen LogP contribution >= 0.6 is 22.9 Å². The highest BCUT2D eigenvalue weighted by Crippen LogP contribution is 2.31. The number of nitrogens with zero attached hydrogens (tertiary/aromatic N) is 2. The number of carbonyl (C=O) groups is 1. The van der Waals surface area contributed by atoms with Gasteiger partial charge in [0.15, 0.2) is 0 Å². The van der Waals surface area contributed by atoms with Crippen LogP contribution in [0.5, 0.6) is 0 Å². The lowest BCUT2D eigenvalue weighted by atomic mass is 9.97. The molecule has 6 heteroatoms. The molecule has 1 atom stereocenters. The van der Waals surface area contributed by atoms with Crippen molar-refractivity contribution in [1.82, 2.24) is 10.2 Å². The minimum absolute atomic E-state index is 0.185. The predicted octanol–water partition coefficient (Wildman–Crippen LogP) is 4.99. The van der Waals surface area contributed by atoms with Crippen LogP contribution < -0.4 is 5.32 Å². The van der Waals surface area contributed by atoms with Gasteiger partial charge >= 0.3 is 0 Å². The lowest BCUT2D eigenvalue weighted by Gasteiger charge is -2.11. The first-order valence-corrected chi connectivity index (χ1v) is 8.82. The van der Waals surface area contributed by atoms with Crippen molar-refractivity contribution in [3.63, 3.8) is 0 Å². The van der Waals surface area contributed by atoms with E-state index in [9.17, 15) is 4.79 Å². The smallest absolute Gasteiger partial charge is 0.257 e. The van der Waals surface area contributed by atoms with Crippen LogP contribution in [0.1, 0.15) is 40.2 Å². The number of amides is 1. The number of anilines is 1. The second-order valence-corrected chi connectivity index (χ2v) is 6.72. The molecule has 122 valence electrons. The van der Waals surface area contributed by atoms with E-state index in [-0.39, 0.29) is 11.8 Å². The van der Waals surface area contributed by atoms with E-state index in [1.807, 2.05) is 18.2 Å². The van der Waals surface area contributed by atoms with E-state index < -0.39 is 0 Å². The molecule has 0 fully saturated rings. The normalized spacial score (nSPS) is 11.9. The maximum absolute atomic E-state index is 12.2. The molecule has 4 nitrogen and oxygen atoms in total. The van der Waals surface area contributed by atoms with E-state index in [2.05, 4.69) is 34.6 Å². The largest absolute Gasteiger partial charge is 0.296 e. The van der Waals surface area contributed by atoms with Crippen LogP contribution in [0.15, 0.2) is 54.6 Å². The third kappa shape index (κ3) is 3.80. The van der Waals surface area contributed by atoms with Crippen molar-refractivity contribution in [2.24, 2.45) is 0 Å². The molecule has 0 aliphatic rings. The van der Waals surface area contributed by atoms with Gasteiger partial charge in [-0.1, -0.05) is 60.2 Å². The Bertz CT molecular complexity index is 818. The highest BCUT2D eigenvalue weighted by molar-refractivity contribution is 7.15. The lowest BCUT2D eigenvalue weighted by Crippen LogP contribution is -2.11. The van der Waals surface area contributed by atoms with Gasteiger partial charge in [-0.25, -0.2) is 0 Å². The molecule has 3 aromatic rings. The van der Waals surface area contributed by atoms with Crippen molar-refractivity contribution in [2.75, 3.05) is 5.32 Å². The maximum atomic E-state index is 12.2. The summed E-state index contributed by atoms with van der Waals surface area (Å²) >= 11 is 7.24. The van der Waals surface area contributed by atoms with Gasteiger partial charge in [0, 0.05) is 16.5 Å². The van der Waals surface area contributed by atoms with Crippen LogP contribution in [0.25, 0.3) is 0 Å². The van der Waals surface area contributed by atoms with E-state index in [0.29, 0.717) is 15.7 Å². The number of hydrogen-bond donors (Lipinski definition) is 1. The Morgan fingerprint density at radius 3 is 2.50 bits per heavy atom. The number of hydrogen-bond acceptors (Lipinski definition) is 4. The van der Waals surface area contributed by atoms with Crippen LogP contribution in [-0.2, 0) is 0 Å². The summed E-state index contributed by atoms with van der Waals surface area (Å²) in [4.78, 5) is 12.2. The van der Waals surface area contributed by atoms with Crippen LogP contribution in [0.3, 0.4) is 0 Å². The standard InChI is InChI=1S/C18H16ClN3OS/c1-2-15(12-6-4-3-5-7-12)17-21-22-18(24-17)20-16(23)13-8-10-14(19)11-9-13/h3-11,15H,2H2,1H3,(H,20,22,23). The monoisotopic (exact) mass is 357 g/mol. The Labute approximate surface area is 149 Å². The molecule has 2 aromatic carbocycles. The molecule has 3 rings (SSSR count). The molecule has 1 N–H and O–H groups in total. The molecular formula is C18H16ClN3OS. The molecular weight excluding hydrogens is 342 g/mol. The van der Waals surface area contributed by atoms with Crippen molar-refractivity contribution >= 4 is 34.0 Å². The van der Waals surface area contributed by atoms with Gasteiger partial charge in [0.1, 0.15) is 5.01 Å². The van der Waals surface area contributed by atoms with E-state index >= 15 is 0 Å². The average Bonchev–Trinajstić information content (AvgIpc) is 3.05. The molecule has 0 bridgehead atoms. The molecule has 0 aliphatic carbocycles. The first-order valence-electron chi connectivity index (χ1n) is 7.62. The van der Waals surface area contributed by atoms with Gasteiger partial charge in [-0.15, -0.1) is 10.2 Å². The Morgan fingerprint density at radius 2 is 1.83 bits per heavy atom. The van der Waals surface area contributed by atoms with Gasteiger partial charge < -0.3 is 0 Å². The van der Waals surface area contributed by atoms with E-state index in [4.69, 9.17) is 11.6 Å². The van der Waals surface area contributed by atoms with Gasteiger partial charge in [-0.2, -0.15) is 0 Å². The molecule has 0 saturated heterocycles. The topological polar surface area (TPSA) is 54.9 Å². The minimum Gasteiger partial charge on any atom is -0.296 e. The molecule has 1 aromatic heterocycles. The quantitative estimate of drug-likeness (QED) is 0.700.